The molecule has 6 heteroatoms. The zero-order chi connectivity index (χ0) is 19.3. The zero-order valence-corrected chi connectivity index (χ0v) is 15.7. The van der Waals surface area contributed by atoms with Gasteiger partial charge in [-0.1, -0.05) is 49.6 Å². The molecule has 1 aliphatic carbocycles. The minimum Gasteiger partial charge on any atom is -0.369 e. The van der Waals surface area contributed by atoms with Gasteiger partial charge in [-0.25, -0.2) is 0 Å². The highest BCUT2D eigenvalue weighted by Gasteiger charge is 2.46. The summed E-state index contributed by atoms with van der Waals surface area (Å²) in [5.74, 6) is -0.363. The van der Waals surface area contributed by atoms with Crippen molar-refractivity contribution in [2.24, 2.45) is 11.1 Å². The standard InChI is InChI=1S/C21H28N4O2/c22-14-21(15-24-16-21)25(13-17-7-3-1-4-8-17)18(26)9-12-20(19(23)27)10-5-2-6-11-20/h1,3-4,7-8,24H,2,5-6,9-13,15-16H2,(H2,23,27). The molecule has 2 aliphatic rings. The summed E-state index contributed by atoms with van der Waals surface area (Å²) in [6.45, 7) is 1.35. The number of nitriles is 1. The molecule has 0 unspecified atom stereocenters. The van der Waals surface area contributed by atoms with Crippen LogP contribution in [0.5, 0.6) is 0 Å². The number of amides is 2. The van der Waals surface area contributed by atoms with E-state index in [1.807, 2.05) is 30.3 Å². The summed E-state index contributed by atoms with van der Waals surface area (Å²) in [7, 11) is 0. The van der Waals surface area contributed by atoms with E-state index in [0.717, 1.165) is 37.7 Å². The number of hydrogen-bond acceptors (Lipinski definition) is 4. The molecular weight excluding hydrogens is 340 g/mol. The van der Waals surface area contributed by atoms with Gasteiger partial charge in [0.05, 0.1) is 6.07 Å². The van der Waals surface area contributed by atoms with Crippen molar-refractivity contribution in [2.45, 2.75) is 57.0 Å². The summed E-state index contributed by atoms with van der Waals surface area (Å²) in [4.78, 5) is 26.9. The maximum absolute atomic E-state index is 13.1. The van der Waals surface area contributed by atoms with Crippen molar-refractivity contribution < 1.29 is 9.59 Å². The first-order valence-electron chi connectivity index (χ1n) is 9.78. The number of carbonyl (C=O) groups is 2. The van der Waals surface area contributed by atoms with Crippen molar-refractivity contribution in [1.29, 1.82) is 5.26 Å². The molecule has 0 radical (unpaired) electrons. The molecule has 0 bridgehead atoms. The largest absolute Gasteiger partial charge is 0.369 e. The fraction of sp³-hybridized carbons (Fsp3) is 0.571. The predicted molar refractivity (Wildman–Crippen MR) is 102 cm³/mol. The summed E-state index contributed by atoms with van der Waals surface area (Å²) < 4.78 is 0. The van der Waals surface area contributed by atoms with Crippen molar-refractivity contribution in [3.8, 4) is 6.07 Å². The molecule has 1 heterocycles. The number of hydrogen-bond donors (Lipinski definition) is 2. The second-order valence-corrected chi connectivity index (χ2v) is 7.92. The average Bonchev–Trinajstić information content (AvgIpc) is 2.66. The molecule has 2 fully saturated rings. The Labute approximate surface area is 160 Å². The van der Waals surface area contributed by atoms with E-state index in [-0.39, 0.29) is 18.2 Å². The van der Waals surface area contributed by atoms with Gasteiger partial charge in [-0.05, 0) is 24.8 Å². The second kappa shape index (κ2) is 8.10. The zero-order valence-electron chi connectivity index (χ0n) is 15.7. The first-order valence-corrected chi connectivity index (χ1v) is 9.78. The number of nitrogens with zero attached hydrogens (tertiary/aromatic N) is 2. The Balaban J connectivity index is 1.75. The van der Waals surface area contributed by atoms with Crippen LogP contribution in [0.2, 0.25) is 0 Å². The smallest absolute Gasteiger partial charge is 0.224 e. The van der Waals surface area contributed by atoms with Crippen LogP contribution >= 0.6 is 0 Å². The number of nitrogens with two attached hydrogens (primary N) is 1. The molecule has 6 nitrogen and oxygen atoms in total. The van der Waals surface area contributed by atoms with Crippen LogP contribution in [0.15, 0.2) is 30.3 Å². The molecule has 1 aromatic rings. The molecule has 1 aliphatic heterocycles. The van der Waals surface area contributed by atoms with Gasteiger partial charge < -0.3 is 16.0 Å². The summed E-state index contributed by atoms with van der Waals surface area (Å²) in [6, 6.07) is 12.1. The molecule has 144 valence electrons. The van der Waals surface area contributed by atoms with Gasteiger partial charge in [-0.3, -0.25) is 9.59 Å². The van der Waals surface area contributed by atoms with E-state index >= 15 is 0 Å². The van der Waals surface area contributed by atoms with Crippen LogP contribution in [0.1, 0.15) is 50.5 Å². The Morgan fingerprint density at radius 2 is 1.81 bits per heavy atom. The minimum absolute atomic E-state index is 0.0758. The van der Waals surface area contributed by atoms with E-state index < -0.39 is 11.0 Å². The maximum Gasteiger partial charge on any atom is 0.224 e. The van der Waals surface area contributed by atoms with Crippen LogP contribution in [0.3, 0.4) is 0 Å². The van der Waals surface area contributed by atoms with Gasteiger partial charge >= 0.3 is 0 Å². The van der Waals surface area contributed by atoms with Gasteiger partial charge in [0.25, 0.3) is 0 Å². The molecule has 1 saturated heterocycles. The third-order valence-corrected chi connectivity index (χ3v) is 6.20. The van der Waals surface area contributed by atoms with E-state index in [1.54, 1.807) is 4.90 Å². The molecule has 3 rings (SSSR count). The van der Waals surface area contributed by atoms with Crippen molar-refractivity contribution in [3.05, 3.63) is 35.9 Å². The Kier molecular flexibility index (Phi) is 5.81. The lowest BCUT2D eigenvalue weighted by atomic mass is 9.70. The second-order valence-electron chi connectivity index (χ2n) is 7.92. The fourth-order valence-electron chi connectivity index (χ4n) is 4.27. The van der Waals surface area contributed by atoms with Gasteiger partial charge in [0.15, 0.2) is 5.54 Å². The van der Waals surface area contributed by atoms with E-state index in [9.17, 15) is 14.9 Å². The van der Waals surface area contributed by atoms with Crippen molar-refractivity contribution in [3.63, 3.8) is 0 Å². The highest BCUT2D eigenvalue weighted by atomic mass is 16.2. The van der Waals surface area contributed by atoms with Crippen molar-refractivity contribution >= 4 is 11.8 Å². The minimum atomic E-state index is -0.806. The first kappa shape index (κ1) is 19.4. The Morgan fingerprint density at radius 3 is 2.33 bits per heavy atom. The van der Waals surface area contributed by atoms with Gasteiger partial charge in [-0.2, -0.15) is 5.26 Å². The van der Waals surface area contributed by atoms with Gasteiger partial charge in [-0.15, -0.1) is 0 Å². The molecule has 1 aromatic carbocycles. The number of benzene rings is 1. The Morgan fingerprint density at radius 1 is 1.15 bits per heavy atom. The normalized spacial score (nSPS) is 20.1. The van der Waals surface area contributed by atoms with Crippen LogP contribution < -0.4 is 11.1 Å². The third-order valence-electron chi connectivity index (χ3n) is 6.20. The lowest BCUT2D eigenvalue weighted by Gasteiger charge is -2.46. The van der Waals surface area contributed by atoms with Crippen LogP contribution in [0, 0.1) is 16.7 Å². The maximum atomic E-state index is 13.1. The van der Waals surface area contributed by atoms with E-state index in [2.05, 4.69) is 11.4 Å². The van der Waals surface area contributed by atoms with Gasteiger partial charge in [0.1, 0.15) is 0 Å². The quantitative estimate of drug-likeness (QED) is 0.770. The van der Waals surface area contributed by atoms with Crippen LogP contribution in [0.4, 0.5) is 0 Å². The molecule has 0 spiro atoms. The third kappa shape index (κ3) is 3.98. The van der Waals surface area contributed by atoms with Crippen LogP contribution in [-0.4, -0.2) is 35.3 Å². The molecule has 0 atom stereocenters. The number of carbonyl (C=O) groups excluding carboxylic acids is 2. The highest BCUT2D eigenvalue weighted by molar-refractivity contribution is 5.83. The van der Waals surface area contributed by atoms with Gasteiger partial charge in [0.2, 0.25) is 11.8 Å². The van der Waals surface area contributed by atoms with Crippen molar-refractivity contribution in [2.75, 3.05) is 13.1 Å². The Hall–Kier alpha value is -2.39. The summed E-state index contributed by atoms with van der Waals surface area (Å²) in [5, 5.41) is 12.8. The van der Waals surface area contributed by atoms with E-state index in [0.29, 0.717) is 26.1 Å². The van der Waals surface area contributed by atoms with E-state index in [4.69, 9.17) is 5.73 Å². The SMILES string of the molecule is N#CC1(N(Cc2ccccc2)C(=O)CCC2(C(N)=O)CCCCC2)CNC1. The van der Waals surface area contributed by atoms with Crippen LogP contribution in [-0.2, 0) is 16.1 Å². The molecule has 3 N–H and O–H groups in total. The number of nitrogens with one attached hydrogen (secondary N) is 1. The van der Waals surface area contributed by atoms with Crippen molar-refractivity contribution in [1.82, 2.24) is 10.2 Å². The molecule has 1 saturated carbocycles. The van der Waals surface area contributed by atoms with Crippen LogP contribution in [0.25, 0.3) is 0 Å². The molecule has 0 aromatic heterocycles. The fourth-order valence-corrected chi connectivity index (χ4v) is 4.27. The Bertz CT molecular complexity index is 715. The predicted octanol–water partition coefficient (Wildman–Crippen LogP) is 2.10. The summed E-state index contributed by atoms with van der Waals surface area (Å²) in [6.07, 6.45) is 5.33. The topological polar surface area (TPSA) is 99.2 Å². The van der Waals surface area contributed by atoms with Gasteiger partial charge in [0, 0.05) is 31.5 Å². The summed E-state index contributed by atoms with van der Waals surface area (Å²) >= 11 is 0. The lowest BCUT2D eigenvalue weighted by molar-refractivity contribution is -0.140. The first-order chi connectivity index (χ1) is 13.0. The monoisotopic (exact) mass is 368 g/mol. The average molecular weight is 368 g/mol. The summed E-state index contributed by atoms with van der Waals surface area (Å²) in [5.41, 5.74) is 5.33. The molecular formula is C21H28N4O2. The lowest BCUT2D eigenvalue weighted by Crippen LogP contribution is -2.69. The van der Waals surface area contributed by atoms with E-state index in [1.165, 1.54) is 0 Å². The molecule has 2 amide bonds. The number of rotatable bonds is 7. The highest BCUT2D eigenvalue weighted by Crippen LogP contribution is 2.40. The molecule has 27 heavy (non-hydrogen) atoms. The number of primary amides is 1.